The SMILES string of the molecule is CS[C@@H]1OC(CN=[N+]=[N-])[C@@H](O)[C@H](C)C1C. The van der Waals surface area contributed by atoms with Crippen molar-refractivity contribution in [3.63, 3.8) is 0 Å². The maximum atomic E-state index is 9.93. The molecule has 1 aliphatic heterocycles. The van der Waals surface area contributed by atoms with Crippen molar-refractivity contribution in [2.24, 2.45) is 17.0 Å². The van der Waals surface area contributed by atoms with Gasteiger partial charge in [0, 0.05) is 4.91 Å². The Hall–Kier alpha value is -0.420. The monoisotopic (exact) mass is 231 g/mol. The van der Waals surface area contributed by atoms with Gasteiger partial charge in [-0.05, 0) is 23.6 Å². The molecule has 0 saturated carbocycles. The van der Waals surface area contributed by atoms with Crippen LogP contribution in [0.3, 0.4) is 0 Å². The van der Waals surface area contributed by atoms with Gasteiger partial charge in [-0.1, -0.05) is 19.0 Å². The van der Waals surface area contributed by atoms with Gasteiger partial charge in [0.25, 0.3) is 0 Å². The fourth-order valence-electron chi connectivity index (χ4n) is 1.81. The molecule has 0 bridgehead atoms. The number of azide groups is 1. The second kappa shape index (κ2) is 5.61. The van der Waals surface area contributed by atoms with Crippen LogP contribution in [-0.4, -0.2) is 35.6 Å². The second-order valence-electron chi connectivity index (χ2n) is 3.90. The Balaban J connectivity index is 2.69. The van der Waals surface area contributed by atoms with Crippen LogP contribution in [-0.2, 0) is 4.74 Å². The molecular weight excluding hydrogens is 214 g/mol. The van der Waals surface area contributed by atoms with Crippen molar-refractivity contribution < 1.29 is 9.84 Å². The standard InChI is InChI=1S/C9H17N3O2S/c1-5-6(2)9(15-3)14-7(8(5)13)4-11-12-10/h5-9,13H,4H2,1-3H3/t5-,6?,7?,8+,9+/m1/s1. The van der Waals surface area contributed by atoms with E-state index >= 15 is 0 Å². The molecule has 0 amide bonds. The van der Waals surface area contributed by atoms with Gasteiger partial charge >= 0.3 is 0 Å². The van der Waals surface area contributed by atoms with Crippen molar-refractivity contribution in [3.8, 4) is 0 Å². The van der Waals surface area contributed by atoms with Crippen LogP contribution in [0.1, 0.15) is 13.8 Å². The van der Waals surface area contributed by atoms with Crippen LogP contribution in [0.2, 0.25) is 0 Å². The van der Waals surface area contributed by atoms with E-state index in [1.165, 1.54) is 0 Å². The first-order valence-corrected chi connectivity index (χ1v) is 6.27. The van der Waals surface area contributed by atoms with Crippen LogP contribution in [0.5, 0.6) is 0 Å². The van der Waals surface area contributed by atoms with Gasteiger partial charge in [-0.3, -0.25) is 0 Å². The zero-order valence-corrected chi connectivity index (χ0v) is 10.0. The van der Waals surface area contributed by atoms with Crippen LogP contribution in [0.25, 0.3) is 10.4 Å². The number of nitrogens with zero attached hydrogens (tertiary/aromatic N) is 3. The molecule has 5 nitrogen and oxygen atoms in total. The van der Waals surface area contributed by atoms with Crippen LogP contribution in [0.4, 0.5) is 0 Å². The molecule has 0 radical (unpaired) electrons. The molecule has 0 aromatic carbocycles. The third-order valence-corrected chi connectivity index (χ3v) is 4.05. The van der Waals surface area contributed by atoms with Crippen molar-refractivity contribution in [2.75, 3.05) is 12.8 Å². The highest BCUT2D eigenvalue weighted by Crippen LogP contribution is 2.35. The molecule has 1 heterocycles. The van der Waals surface area contributed by atoms with Crippen molar-refractivity contribution in [3.05, 3.63) is 10.4 Å². The van der Waals surface area contributed by atoms with Gasteiger partial charge in [-0.25, -0.2) is 0 Å². The van der Waals surface area contributed by atoms with E-state index in [-0.39, 0.29) is 24.0 Å². The minimum absolute atomic E-state index is 0.0716. The largest absolute Gasteiger partial charge is 0.390 e. The summed E-state index contributed by atoms with van der Waals surface area (Å²) in [4.78, 5) is 2.69. The molecule has 1 N–H and O–H groups in total. The average molecular weight is 231 g/mol. The highest BCUT2D eigenvalue weighted by atomic mass is 32.2. The first-order valence-electron chi connectivity index (χ1n) is 4.99. The molecule has 0 aliphatic carbocycles. The van der Waals surface area contributed by atoms with Gasteiger partial charge in [0.15, 0.2) is 0 Å². The Kier molecular flexibility index (Phi) is 4.73. The van der Waals surface area contributed by atoms with Crippen molar-refractivity contribution in [1.29, 1.82) is 0 Å². The summed E-state index contributed by atoms with van der Waals surface area (Å²) in [7, 11) is 0. The fraction of sp³-hybridized carbons (Fsp3) is 1.00. The zero-order valence-electron chi connectivity index (χ0n) is 9.20. The lowest BCUT2D eigenvalue weighted by Gasteiger charge is -2.41. The van der Waals surface area contributed by atoms with E-state index in [9.17, 15) is 5.11 Å². The highest BCUT2D eigenvalue weighted by Gasteiger charge is 2.39. The molecule has 5 atom stereocenters. The molecule has 0 aromatic heterocycles. The topological polar surface area (TPSA) is 78.2 Å². The molecule has 15 heavy (non-hydrogen) atoms. The smallest absolute Gasteiger partial charge is 0.106 e. The predicted molar refractivity (Wildman–Crippen MR) is 60.5 cm³/mol. The van der Waals surface area contributed by atoms with Gasteiger partial charge in [0.05, 0.1) is 18.8 Å². The molecule has 0 aromatic rings. The molecule has 86 valence electrons. The van der Waals surface area contributed by atoms with E-state index < -0.39 is 6.10 Å². The van der Waals surface area contributed by atoms with Gasteiger partial charge < -0.3 is 9.84 Å². The van der Waals surface area contributed by atoms with Gasteiger partial charge in [0.2, 0.25) is 0 Å². The summed E-state index contributed by atoms with van der Waals surface area (Å²) in [6.07, 6.45) is 1.06. The summed E-state index contributed by atoms with van der Waals surface area (Å²) in [5.41, 5.74) is 8.31. The summed E-state index contributed by atoms with van der Waals surface area (Å²) in [5.74, 6) is 0.465. The second-order valence-corrected chi connectivity index (χ2v) is 4.84. The van der Waals surface area contributed by atoms with E-state index in [4.69, 9.17) is 10.3 Å². The summed E-state index contributed by atoms with van der Waals surface area (Å²) >= 11 is 1.63. The van der Waals surface area contributed by atoms with Crippen LogP contribution < -0.4 is 0 Å². The number of rotatable bonds is 3. The number of hydrogen-bond acceptors (Lipinski definition) is 4. The minimum Gasteiger partial charge on any atom is -0.390 e. The highest BCUT2D eigenvalue weighted by molar-refractivity contribution is 7.99. The Labute approximate surface area is 93.8 Å². The van der Waals surface area contributed by atoms with Crippen molar-refractivity contribution in [1.82, 2.24) is 0 Å². The number of aliphatic hydroxyl groups is 1. The molecule has 1 saturated heterocycles. The van der Waals surface area contributed by atoms with Crippen molar-refractivity contribution in [2.45, 2.75) is 31.5 Å². The number of aliphatic hydroxyl groups excluding tert-OH is 1. The van der Waals surface area contributed by atoms with E-state index in [2.05, 4.69) is 16.9 Å². The Bertz CT molecular complexity index is 256. The lowest BCUT2D eigenvalue weighted by atomic mass is 9.86. The van der Waals surface area contributed by atoms with E-state index in [1.807, 2.05) is 13.2 Å². The molecule has 2 unspecified atom stereocenters. The summed E-state index contributed by atoms with van der Waals surface area (Å²) in [6, 6.07) is 0. The number of ether oxygens (including phenoxy) is 1. The predicted octanol–water partition coefficient (Wildman–Crippen LogP) is 2.02. The van der Waals surface area contributed by atoms with Crippen LogP contribution >= 0.6 is 11.8 Å². The van der Waals surface area contributed by atoms with E-state index in [0.29, 0.717) is 5.92 Å². The summed E-state index contributed by atoms with van der Waals surface area (Å²) in [6.45, 7) is 4.27. The quantitative estimate of drug-likeness (QED) is 0.458. The summed E-state index contributed by atoms with van der Waals surface area (Å²) in [5, 5.41) is 13.4. The lowest BCUT2D eigenvalue weighted by molar-refractivity contribution is -0.133. The first kappa shape index (κ1) is 12.6. The molecular formula is C9H17N3O2S. The zero-order chi connectivity index (χ0) is 11.4. The number of hydrogen-bond donors (Lipinski definition) is 1. The lowest BCUT2D eigenvalue weighted by Crippen LogP contribution is -2.49. The summed E-state index contributed by atoms with van der Waals surface area (Å²) < 4.78 is 5.68. The Morgan fingerprint density at radius 3 is 2.67 bits per heavy atom. The maximum Gasteiger partial charge on any atom is 0.106 e. The molecule has 1 fully saturated rings. The van der Waals surface area contributed by atoms with E-state index in [0.717, 1.165) is 0 Å². The van der Waals surface area contributed by atoms with E-state index in [1.54, 1.807) is 11.8 Å². The number of thioether (sulfide) groups is 1. The first-order chi connectivity index (χ1) is 7.11. The molecule has 1 aliphatic rings. The fourth-order valence-corrected chi connectivity index (χ4v) is 2.74. The van der Waals surface area contributed by atoms with Crippen molar-refractivity contribution >= 4 is 11.8 Å². The van der Waals surface area contributed by atoms with Crippen LogP contribution in [0.15, 0.2) is 5.11 Å². The molecule has 0 spiro atoms. The third-order valence-electron chi connectivity index (χ3n) is 3.04. The average Bonchev–Trinajstić information content (AvgIpc) is 2.25. The molecule has 6 heteroatoms. The Morgan fingerprint density at radius 1 is 1.47 bits per heavy atom. The maximum absolute atomic E-state index is 9.93. The molecule has 1 rings (SSSR count). The minimum atomic E-state index is -0.547. The van der Waals surface area contributed by atoms with Gasteiger partial charge in [0.1, 0.15) is 5.44 Å². The van der Waals surface area contributed by atoms with Crippen LogP contribution in [0, 0.1) is 11.8 Å². The third kappa shape index (κ3) is 2.78. The Morgan fingerprint density at radius 2 is 2.13 bits per heavy atom. The van der Waals surface area contributed by atoms with Gasteiger partial charge in [-0.15, -0.1) is 11.8 Å². The normalized spacial score (nSPS) is 40.9. The van der Waals surface area contributed by atoms with Gasteiger partial charge in [-0.2, -0.15) is 0 Å².